The first-order chi connectivity index (χ1) is 10.0. The molecule has 21 heavy (non-hydrogen) atoms. The van der Waals surface area contributed by atoms with Crippen molar-refractivity contribution in [2.45, 2.75) is 13.5 Å². The van der Waals surface area contributed by atoms with Crippen LogP contribution in [-0.4, -0.2) is 28.1 Å². The van der Waals surface area contributed by atoms with E-state index in [0.29, 0.717) is 24.5 Å². The molecule has 0 aliphatic heterocycles. The van der Waals surface area contributed by atoms with Crippen LogP contribution in [0.3, 0.4) is 0 Å². The Balaban J connectivity index is 2.36. The Hall–Kier alpha value is -2.57. The maximum Gasteiger partial charge on any atom is 0.315 e. The van der Waals surface area contributed by atoms with Crippen LogP contribution < -0.4 is 10.2 Å². The number of imidazole rings is 1. The molecule has 1 N–H and O–H groups in total. The van der Waals surface area contributed by atoms with E-state index in [1.54, 1.807) is 18.3 Å². The molecule has 0 amide bonds. The van der Waals surface area contributed by atoms with Crippen molar-refractivity contribution < 1.29 is 4.92 Å². The van der Waals surface area contributed by atoms with Crippen molar-refractivity contribution in [3.05, 3.63) is 46.5 Å². The lowest BCUT2D eigenvalue weighted by atomic mass is 10.2. The standard InChI is InChI=1S/C14H19N5O2/c1-4-15-11-6-5-7-12(14(11)19(20)21)18(3)10-13-16-8-9-17(13)2/h5-9,15H,4,10H2,1-3H3. The van der Waals surface area contributed by atoms with Crippen LogP contribution in [0.5, 0.6) is 0 Å². The minimum absolute atomic E-state index is 0.0936. The molecule has 1 aromatic carbocycles. The van der Waals surface area contributed by atoms with Crippen LogP contribution in [0.1, 0.15) is 12.7 Å². The van der Waals surface area contributed by atoms with Crippen LogP contribution in [0, 0.1) is 10.1 Å². The highest BCUT2D eigenvalue weighted by molar-refractivity contribution is 5.76. The zero-order valence-corrected chi connectivity index (χ0v) is 12.4. The van der Waals surface area contributed by atoms with Gasteiger partial charge in [-0.1, -0.05) is 6.07 Å². The summed E-state index contributed by atoms with van der Waals surface area (Å²) in [5.74, 6) is 0.848. The topological polar surface area (TPSA) is 76.2 Å². The molecule has 0 fully saturated rings. The summed E-state index contributed by atoms with van der Waals surface area (Å²) in [4.78, 5) is 17.1. The van der Waals surface area contributed by atoms with Gasteiger partial charge in [0.15, 0.2) is 0 Å². The molecule has 7 heteroatoms. The normalized spacial score (nSPS) is 10.4. The third-order valence-corrected chi connectivity index (χ3v) is 3.28. The van der Waals surface area contributed by atoms with Crippen molar-refractivity contribution in [1.82, 2.24) is 9.55 Å². The SMILES string of the molecule is CCNc1cccc(N(C)Cc2nccn2C)c1[N+](=O)[O-]. The Kier molecular flexibility index (Phi) is 4.42. The van der Waals surface area contributed by atoms with Crippen LogP contribution in [0.4, 0.5) is 17.1 Å². The van der Waals surface area contributed by atoms with E-state index in [0.717, 1.165) is 5.82 Å². The van der Waals surface area contributed by atoms with Crippen LogP contribution in [0.2, 0.25) is 0 Å². The molecule has 0 spiro atoms. The lowest BCUT2D eigenvalue weighted by Gasteiger charge is -2.20. The number of nitro groups is 1. The Morgan fingerprint density at radius 1 is 1.48 bits per heavy atom. The molecule has 2 aromatic rings. The molecule has 0 aliphatic carbocycles. The highest BCUT2D eigenvalue weighted by Crippen LogP contribution is 2.35. The van der Waals surface area contributed by atoms with Crippen molar-refractivity contribution in [3.8, 4) is 0 Å². The van der Waals surface area contributed by atoms with Crippen molar-refractivity contribution >= 4 is 17.1 Å². The van der Waals surface area contributed by atoms with Gasteiger partial charge >= 0.3 is 5.69 Å². The molecule has 0 aliphatic rings. The number of rotatable bonds is 6. The second kappa shape index (κ2) is 6.25. The summed E-state index contributed by atoms with van der Waals surface area (Å²) >= 11 is 0. The first-order valence-electron chi connectivity index (χ1n) is 6.73. The maximum absolute atomic E-state index is 11.4. The van der Waals surface area contributed by atoms with Gasteiger partial charge in [0.05, 0.1) is 11.5 Å². The van der Waals surface area contributed by atoms with E-state index in [9.17, 15) is 10.1 Å². The second-order valence-electron chi connectivity index (χ2n) is 4.77. The van der Waals surface area contributed by atoms with Gasteiger partial charge < -0.3 is 14.8 Å². The predicted octanol–water partition coefficient (Wildman–Crippen LogP) is 2.40. The summed E-state index contributed by atoms with van der Waals surface area (Å²) in [5, 5.41) is 14.4. The lowest BCUT2D eigenvalue weighted by Crippen LogP contribution is -2.20. The van der Waals surface area contributed by atoms with E-state index in [-0.39, 0.29) is 10.6 Å². The van der Waals surface area contributed by atoms with Crippen LogP contribution in [0.25, 0.3) is 0 Å². The van der Waals surface area contributed by atoms with Gasteiger partial charge in [-0.05, 0) is 19.1 Å². The molecule has 0 unspecified atom stereocenters. The highest BCUT2D eigenvalue weighted by Gasteiger charge is 2.22. The van der Waals surface area contributed by atoms with E-state index >= 15 is 0 Å². The van der Waals surface area contributed by atoms with Crippen molar-refractivity contribution in [2.24, 2.45) is 7.05 Å². The molecule has 0 saturated heterocycles. The summed E-state index contributed by atoms with van der Waals surface area (Å²) in [6, 6.07) is 5.29. The molecule has 0 radical (unpaired) electrons. The van der Waals surface area contributed by atoms with E-state index < -0.39 is 0 Å². The van der Waals surface area contributed by atoms with E-state index in [1.165, 1.54) is 0 Å². The van der Waals surface area contributed by atoms with Crippen molar-refractivity contribution in [3.63, 3.8) is 0 Å². The van der Waals surface area contributed by atoms with Gasteiger partial charge in [-0.3, -0.25) is 10.1 Å². The number of hydrogen-bond acceptors (Lipinski definition) is 5. The van der Waals surface area contributed by atoms with Crippen LogP contribution >= 0.6 is 0 Å². The third-order valence-electron chi connectivity index (χ3n) is 3.28. The Morgan fingerprint density at radius 3 is 2.81 bits per heavy atom. The second-order valence-corrected chi connectivity index (χ2v) is 4.77. The monoisotopic (exact) mass is 289 g/mol. The maximum atomic E-state index is 11.4. The lowest BCUT2D eigenvalue weighted by molar-refractivity contribution is -0.383. The quantitative estimate of drug-likeness (QED) is 0.652. The average Bonchev–Trinajstić information content (AvgIpc) is 2.84. The number of anilines is 2. The number of nitrogens with zero attached hydrogens (tertiary/aromatic N) is 4. The molecule has 112 valence electrons. The smallest absolute Gasteiger partial charge is 0.315 e. The van der Waals surface area contributed by atoms with Crippen LogP contribution in [-0.2, 0) is 13.6 Å². The highest BCUT2D eigenvalue weighted by atomic mass is 16.6. The number of aromatic nitrogens is 2. The van der Waals surface area contributed by atoms with Gasteiger partial charge in [0.2, 0.25) is 0 Å². The fraction of sp³-hybridized carbons (Fsp3) is 0.357. The van der Waals surface area contributed by atoms with Crippen LogP contribution in [0.15, 0.2) is 30.6 Å². The fourth-order valence-corrected chi connectivity index (χ4v) is 2.21. The number of hydrogen-bond donors (Lipinski definition) is 1. The van der Waals surface area contributed by atoms with Gasteiger partial charge in [0.1, 0.15) is 17.2 Å². The predicted molar refractivity (Wildman–Crippen MR) is 82.6 cm³/mol. The summed E-state index contributed by atoms with van der Waals surface area (Å²) < 4.78 is 1.90. The molecule has 0 bridgehead atoms. The molecule has 1 heterocycles. The third kappa shape index (κ3) is 3.13. The first kappa shape index (κ1) is 14.8. The molecule has 2 rings (SSSR count). The largest absolute Gasteiger partial charge is 0.380 e. The number of nitro benzene ring substituents is 1. The van der Waals surface area contributed by atoms with E-state index in [2.05, 4.69) is 10.3 Å². The summed E-state index contributed by atoms with van der Waals surface area (Å²) in [5.41, 5.74) is 1.20. The molecular weight excluding hydrogens is 270 g/mol. The van der Waals surface area contributed by atoms with Gasteiger partial charge in [-0.2, -0.15) is 0 Å². The Morgan fingerprint density at radius 2 is 2.24 bits per heavy atom. The van der Waals surface area contributed by atoms with Gasteiger partial charge in [-0.15, -0.1) is 0 Å². The van der Waals surface area contributed by atoms with Crippen molar-refractivity contribution in [2.75, 3.05) is 23.8 Å². The van der Waals surface area contributed by atoms with Gasteiger partial charge in [0, 0.05) is 33.0 Å². The average molecular weight is 289 g/mol. The molecule has 0 saturated carbocycles. The first-order valence-corrected chi connectivity index (χ1v) is 6.73. The minimum atomic E-state index is -0.345. The molecular formula is C14H19N5O2. The molecule has 7 nitrogen and oxygen atoms in total. The summed E-state index contributed by atoms with van der Waals surface area (Å²) in [7, 11) is 3.73. The number of para-hydroxylation sites is 1. The Labute approximate surface area is 123 Å². The van der Waals surface area contributed by atoms with E-state index in [1.807, 2.05) is 42.7 Å². The zero-order chi connectivity index (χ0) is 15.4. The number of aryl methyl sites for hydroxylation is 1. The van der Waals surface area contributed by atoms with Crippen molar-refractivity contribution in [1.29, 1.82) is 0 Å². The number of benzene rings is 1. The van der Waals surface area contributed by atoms with Gasteiger partial charge in [-0.25, -0.2) is 4.98 Å². The minimum Gasteiger partial charge on any atom is -0.380 e. The molecule has 1 aromatic heterocycles. The number of nitrogens with one attached hydrogen (secondary N) is 1. The Bertz CT molecular complexity index is 638. The fourth-order valence-electron chi connectivity index (χ4n) is 2.21. The van der Waals surface area contributed by atoms with Gasteiger partial charge in [0.25, 0.3) is 0 Å². The molecule has 0 atom stereocenters. The van der Waals surface area contributed by atoms with E-state index in [4.69, 9.17) is 0 Å². The summed E-state index contributed by atoms with van der Waals surface area (Å²) in [6.07, 6.45) is 3.57. The summed E-state index contributed by atoms with van der Waals surface area (Å²) in [6.45, 7) is 3.04. The zero-order valence-electron chi connectivity index (χ0n) is 12.4.